The lowest BCUT2D eigenvalue weighted by Crippen LogP contribution is -2.34. The summed E-state index contributed by atoms with van der Waals surface area (Å²) >= 11 is 0. The SMILES string of the molecule is C.C.CC.CC.CC.CC.CC.CC.CC.CC.CCN(CC)Cc1cccc2c1-c1ccccc1C2.c1ccc2c(c1)Cc1ccccc1C2.c1ccc2c(c1)Cc1ccccc1C21c2ccccc2-c2ccccc21. The Hall–Kier alpha value is -6.28. The molecule has 0 N–H and O–H groups in total. The van der Waals surface area contributed by atoms with Crippen molar-refractivity contribution in [3.05, 3.63) is 260 Å². The zero-order valence-electron chi connectivity index (χ0n) is 50.3. The molecule has 0 aliphatic heterocycles. The molecule has 12 rings (SSSR count). The van der Waals surface area contributed by atoms with Crippen molar-refractivity contribution in [1.29, 1.82) is 0 Å². The van der Waals surface area contributed by atoms with E-state index in [4.69, 9.17) is 0 Å². The normalized spacial score (nSPS) is 11.2. The van der Waals surface area contributed by atoms with Crippen LogP contribution in [0.15, 0.2) is 188 Å². The summed E-state index contributed by atoms with van der Waals surface area (Å²) in [6.45, 7) is 39.8. The second-order valence-electron chi connectivity index (χ2n) is 16.5. The van der Waals surface area contributed by atoms with Crippen LogP contribution in [0.5, 0.6) is 0 Å². The van der Waals surface area contributed by atoms with E-state index in [0.717, 1.165) is 45.3 Å². The topological polar surface area (TPSA) is 3.24 Å². The minimum atomic E-state index is -0.196. The fourth-order valence-corrected chi connectivity index (χ4v) is 10.6. The number of benzene rings is 8. The summed E-state index contributed by atoms with van der Waals surface area (Å²) in [5.41, 5.74) is 24.5. The summed E-state index contributed by atoms with van der Waals surface area (Å²) in [5, 5.41) is 0. The average Bonchev–Trinajstić information content (AvgIpc) is 4.06. The molecular weight excluding hydrogens is 927 g/mol. The highest BCUT2D eigenvalue weighted by atomic mass is 15.1. The van der Waals surface area contributed by atoms with Gasteiger partial charge in [0.2, 0.25) is 0 Å². The van der Waals surface area contributed by atoms with Crippen LogP contribution in [0.3, 0.4) is 0 Å². The second kappa shape index (κ2) is 39.1. The first-order valence-electron chi connectivity index (χ1n) is 29.6. The Morgan fingerprint density at radius 1 is 0.286 bits per heavy atom. The van der Waals surface area contributed by atoms with Gasteiger partial charge in [-0.15, -0.1) is 0 Å². The lowest BCUT2D eigenvalue weighted by Gasteiger charge is -2.40. The van der Waals surface area contributed by atoms with Crippen molar-refractivity contribution in [2.75, 3.05) is 13.1 Å². The molecule has 1 heteroatoms. The smallest absolute Gasteiger partial charge is 0.0719 e. The maximum absolute atomic E-state index is 2.48. The van der Waals surface area contributed by atoms with Gasteiger partial charge < -0.3 is 0 Å². The summed E-state index contributed by atoms with van der Waals surface area (Å²) in [6.07, 6.45) is 4.31. The van der Waals surface area contributed by atoms with Crippen LogP contribution in [0.4, 0.5) is 0 Å². The second-order valence-corrected chi connectivity index (χ2v) is 16.5. The van der Waals surface area contributed by atoms with Crippen molar-refractivity contribution in [2.24, 2.45) is 0 Å². The molecule has 0 atom stereocenters. The lowest BCUT2D eigenvalue weighted by molar-refractivity contribution is 0.296. The van der Waals surface area contributed by atoms with Crippen molar-refractivity contribution in [3.63, 3.8) is 0 Å². The predicted molar refractivity (Wildman–Crippen MR) is 351 cm³/mol. The van der Waals surface area contributed by atoms with E-state index in [9.17, 15) is 0 Å². The number of rotatable bonds is 4. The molecule has 8 aromatic rings. The Bertz CT molecular complexity index is 2620. The highest BCUT2D eigenvalue weighted by Crippen LogP contribution is 2.59. The van der Waals surface area contributed by atoms with E-state index in [1.54, 1.807) is 0 Å². The molecule has 416 valence electrons. The molecule has 0 unspecified atom stereocenters. The summed E-state index contributed by atoms with van der Waals surface area (Å²) in [5.74, 6) is 0. The van der Waals surface area contributed by atoms with Crippen molar-refractivity contribution >= 4 is 0 Å². The number of hydrogen-bond donors (Lipinski definition) is 0. The third-order valence-electron chi connectivity index (χ3n) is 13.4. The lowest BCUT2D eigenvalue weighted by atomic mass is 9.61. The number of hydrogen-bond acceptors (Lipinski definition) is 1. The number of nitrogens with zero attached hydrogens (tertiary/aromatic N) is 1. The number of fused-ring (bicyclic) bond motifs is 14. The average molecular weight is 1030 g/mol. The molecule has 1 nitrogen and oxygen atoms in total. The zero-order valence-corrected chi connectivity index (χ0v) is 50.3. The van der Waals surface area contributed by atoms with E-state index in [2.05, 4.69) is 207 Å². The van der Waals surface area contributed by atoms with Crippen molar-refractivity contribution < 1.29 is 0 Å². The largest absolute Gasteiger partial charge is 0.300 e. The molecule has 77 heavy (non-hydrogen) atoms. The molecule has 4 aliphatic rings. The van der Waals surface area contributed by atoms with E-state index < -0.39 is 0 Å². The molecular formula is C76H107N. The van der Waals surface area contributed by atoms with Crippen LogP contribution >= 0.6 is 0 Å². The van der Waals surface area contributed by atoms with E-state index in [0.29, 0.717) is 0 Å². The van der Waals surface area contributed by atoms with Crippen LogP contribution < -0.4 is 0 Å². The van der Waals surface area contributed by atoms with Gasteiger partial charge in [0, 0.05) is 6.54 Å². The third kappa shape index (κ3) is 16.1. The standard InChI is InChI=1S/C26H18.C18H21N.C14H12.8C2H6.2CH4/c1-5-13-22-18(9-1)17-19-10-2-6-14-23(19)26(22)24-15-7-3-11-20(24)21-12-4-8-16-25(21)26;1-3-19(4-2)13-16-10-7-9-15-12-14-8-5-6-11-17(14)18(15)16;1-2-6-12-10-14-8-4-3-7-13(14)9-11(12)5-1;8*1-2;;/h1-16H,17H2;5-11H,3-4,12-13H2,1-2H3;1-8H,9-10H2;8*1-2H3;2*1H4. The third-order valence-corrected chi connectivity index (χ3v) is 13.4. The molecule has 0 radical (unpaired) electrons. The Morgan fingerprint density at radius 3 is 0.935 bits per heavy atom. The quantitative estimate of drug-likeness (QED) is 0.170. The maximum atomic E-state index is 2.48. The van der Waals surface area contributed by atoms with Gasteiger partial charge >= 0.3 is 0 Å². The Kier molecular flexibility index (Phi) is 35.9. The van der Waals surface area contributed by atoms with Gasteiger partial charge in [-0.05, 0) is 133 Å². The molecule has 0 heterocycles. The molecule has 1 spiro atoms. The highest BCUT2D eigenvalue weighted by molar-refractivity contribution is 5.87. The van der Waals surface area contributed by atoms with Crippen LogP contribution in [0.2, 0.25) is 0 Å². The van der Waals surface area contributed by atoms with E-state index in [1.807, 2.05) is 111 Å². The van der Waals surface area contributed by atoms with Gasteiger partial charge in [-0.25, -0.2) is 0 Å². The van der Waals surface area contributed by atoms with Gasteiger partial charge in [0.15, 0.2) is 0 Å². The molecule has 0 saturated carbocycles. The predicted octanol–water partition coefficient (Wildman–Crippen LogP) is 22.7. The molecule has 4 aliphatic carbocycles. The molecule has 0 fully saturated rings. The van der Waals surface area contributed by atoms with Gasteiger partial charge in [-0.2, -0.15) is 0 Å². The summed E-state index contributed by atoms with van der Waals surface area (Å²) in [6, 6.07) is 69.0. The van der Waals surface area contributed by atoms with E-state index in [1.165, 1.54) is 94.6 Å². The fourth-order valence-electron chi connectivity index (χ4n) is 10.6. The summed E-state index contributed by atoms with van der Waals surface area (Å²) < 4.78 is 0. The van der Waals surface area contributed by atoms with Crippen LogP contribution in [0.1, 0.15) is 212 Å². The monoisotopic (exact) mass is 1030 g/mol. The summed E-state index contributed by atoms with van der Waals surface area (Å²) in [7, 11) is 0. The van der Waals surface area contributed by atoms with Crippen molar-refractivity contribution in [3.8, 4) is 22.3 Å². The van der Waals surface area contributed by atoms with Crippen LogP contribution in [0, 0.1) is 0 Å². The first-order valence-corrected chi connectivity index (χ1v) is 29.6. The highest BCUT2D eigenvalue weighted by Gasteiger charge is 2.49. The van der Waals surface area contributed by atoms with Crippen LogP contribution in [-0.4, -0.2) is 18.0 Å². The van der Waals surface area contributed by atoms with Crippen LogP contribution in [-0.2, 0) is 37.6 Å². The summed E-state index contributed by atoms with van der Waals surface area (Å²) in [4.78, 5) is 2.48. The molecule has 0 amide bonds. The van der Waals surface area contributed by atoms with Crippen LogP contribution in [0.25, 0.3) is 22.3 Å². The molecule has 0 aromatic heterocycles. The minimum Gasteiger partial charge on any atom is -0.300 e. The first-order chi connectivity index (χ1) is 37.2. The van der Waals surface area contributed by atoms with Gasteiger partial charge in [-0.1, -0.05) is 328 Å². The Labute approximate surface area is 475 Å². The van der Waals surface area contributed by atoms with Gasteiger partial charge in [0.25, 0.3) is 0 Å². The molecule has 0 bridgehead atoms. The maximum Gasteiger partial charge on any atom is 0.0719 e. The Balaban J connectivity index is 0.00000101. The van der Waals surface area contributed by atoms with Crippen molar-refractivity contribution in [1.82, 2.24) is 4.90 Å². The first kappa shape index (κ1) is 70.7. The zero-order chi connectivity index (χ0) is 55.8. The fraction of sp³-hybridized carbons (Fsp3) is 0.368. The van der Waals surface area contributed by atoms with Gasteiger partial charge in [0.05, 0.1) is 5.41 Å². The molecule has 8 aromatic carbocycles. The Morgan fingerprint density at radius 2 is 0.558 bits per heavy atom. The molecule has 0 saturated heterocycles. The van der Waals surface area contributed by atoms with E-state index >= 15 is 0 Å². The van der Waals surface area contributed by atoms with Gasteiger partial charge in [-0.3, -0.25) is 4.90 Å². The van der Waals surface area contributed by atoms with E-state index in [-0.39, 0.29) is 20.3 Å². The van der Waals surface area contributed by atoms with Gasteiger partial charge in [0.1, 0.15) is 0 Å². The van der Waals surface area contributed by atoms with Crippen molar-refractivity contribution in [2.45, 2.75) is 177 Å². The minimum absolute atomic E-state index is 0.